The van der Waals surface area contributed by atoms with Crippen LogP contribution in [0.25, 0.3) is 0 Å². The third-order valence-electron chi connectivity index (χ3n) is 2.93. The van der Waals surface area contributed by atoms with Crippen molar-refractivity contribution in [3.63, 3.8) is 0 Å². The Balaban J connectivity index is 2.21. The van der Waals surface area contributed by atoms with Crippen LogP contribution in [0, 0.1) is 11.6 Å². The highest BCUT2D eigenvalue weighted by atomic mass is 32.2. The Morgan fingerprint density at radius 2 is 2.05 bits per heavy atom. The van der Waals surface area contributed by atoms with Crippen molar-refractivity contribution < 1.29 is 22.3 Å². The number of thiophene rings is 1. The quantitative estimate of drug-likeness (QED) is 0.882. The highest BCUT2D eigenvalue weighted by Gasteiger charge is 2.28. The van der Waals surface area contributed by atoms with Gasteiger partial charge < -0.3 is 5.11 Å². The van der Waals surface area contributed by atoms with E-state index in [0.29, 0.717) is 11.6 Å². The Labute approximate surface area is 125 Å². The van der Waals surface area contributed by atoms with E-state index in [9.17, 15) is 22.3 Å². The minimum Gasteiger partial charge on any atom is -0.384 e. The molecule has 0 radical (unpaired) electrons. The lowest BCUT2D eigenvalue weighted by atomic mass is 10.0. The monoisotopic (exact) mass is 333 g/mol. The van der Waals surface area contributed by atoms with Crippen molar-refractivity contribution >= 4 is 21.4 Å². The Morgan fingerprint density at radius 3 is 2.67 bits per heavy atom. The summed E-state index contributed by atoms with van der Waals surface area (Å²) in [5, 5.41) is 13.6. The highest BCUT2D eigenvalue weighted by molar-refractivity contribution is 7.89. The molecule has 0 saturated heterocycles. The van der Waals surface area contributed by atoms with Gasteiger partial charge in [0.15, 0.2) is 0 Å². The summed E-state index contributed by atoms with van der Waals surface area (Å²) in [5.74, 6) is -1.92. The van der Waals surface area contributed by atoms with Crippen LogP contribution in [0.1, 0.15) is 12.5 Å². The number of sulfonamides is 1. The van der Waals surface area contributed by atoms with Crippen LogP contribution >= 0.6 is 11.3 Å². The smallest absolute Gasteiger partial charge is 0.243 e. The maximum absolute atomic E-state index is 13.5. The van der Waals surface area contributed by atoms with Crippen molar-refractivity contribution in [2.45, 2.75) is 17.4 Å². The van der Waals surface area contributed by atoms with Gasteiger partial charge in [0.1, 0.15) is 22.1 Å². The lowest BCUT2D eigenvalue weighted by molar-refractivity contribution is 0.0632. The number of aliphatic hydroxyl groups is 1. The fourth-order valence-electron chi connectivity index (χ4n) is 1.67. The third-order valence-corrected chi connectivity index (χ3v) is 5.03. The summed E-state index contributed by atoms with van der Waals surface area (Å²) in [5.41, 5.74) is -0.911. The molecule has 1 unspecified atom stereocenters. The van der Waals surface area contributed by atoms with Gasteiger partial charge in [0.25, 0.3) is 0 Å². The van der Waals surface area contributed by atoms with Crippen LogP contribution in [0.4, 0.5) is 8.78 Å². The predicted octanol–water partition coefficient (Wildman–Crippen LogP) is 2.21. The van der Waals surface area contributed by atoms with Gasteiger partial charge in [0, 0.05) is 6.54 Å². The minimum absolute atomic E-state index is 0.359. The van der Waals surface area contributed by atoms with Crippen molar-refractivity contribution in [1.82, 2.24) is 4.72 Å². The Hall–Kier alpha value is -1.35. The molecule has 0 saturated carbocycles. The van der Waals surface area contributed by atoms with E-state index in [0.717, 1.165) is 12.1 Å². The maximum atomic E-state index is 13.5. The van der Waals surface area contributed by atoms with Crippen LogP contribution < -0.4 is 4.72 Å². The molecule has 0 aliphatic carbocycles. The van der Waals surface area contributed by atoms with Crippen LogP contribution in [-0.2, 0) is 15.6 Å². The van der Waals surface area contributed by atoms with E-state index in [1.807, 2.05) is 0 Å². The van der Waals surface area contributed by atoms with E-state index in [4.69, 9.17) is 0 Å². The van der Waals surface area contributed by atoms with Crippen LogP contribution in [0.15, 0.2) is 39.9 Å². The van der Waals surface area contributed by atoms with Gasteiger partial charge in [-0.15, -0.1) is 0 Å². The van der Waals surface area contributed by atoms with Crippen molar-refractivity contribution in [2.24, 2.45) is 0 Å². The standard InChI is InChI=1S/C13H13F2NO3S2/c1-13(17,9-4-5-20-7-9)8-16-21(18,19)12-6-10(14)2-3-11(12)15/h2-7,16-17H,8H2,1H3. The Bertz CT molecular complexity index is 728. The van der Waals surface area contributed by atoms with Gasteiger partial charge in [0.2, 0.25) is 10.0 Å². The number of hydrogen-bond acceptors (Lipinski definition) is 4. The summed E-state index contributed by atoms with van der Waals surface area (Å²) in [6.07, 6.45) is 0. The molecule has 2 rings (SSSR count). The second-order valence-electron chi connectivity index (χ2n) is 4.69. The number of benzene rings is 1. The summed E-state index contributed by atoms with van der Waals surface area (Å²) in [6, 6.07) is 3.81. The molecule has 1 aromatic heterocycles. The van der Waals surface area contributed by atoms with Gasteiger partial charge in [-0.2, -0.15) is 11.3 Å². The molecule has 8 heteroatoms. The fraction of sp³-hybridized carbons (Fsp3) is 0.231. The van der Waals surface area contributed by atoms with Crippen LogP contribution in [-0.4, -0.2) is 20.1 Å². The molecule has 0 amide bonds. The van der Waals surface area contributed by atoms with Gasteiger partial charge in [-0.1, -0.05) is 0 Å². The normalized spacial score (nSPS) is 14.9. The minimum atomic E-state index is -4.26. The Morgan fingerprint density at radius 1 is 1.33 bits per heavy atom. The zero-order valence-corrected chi connectivity index (χ0v) is 12.6. The van der Waals surface area contributed by atoms with Gasteiger partial charge in [-0.25, -0.2) is 21.9 Å². The molecule has 21 heavy (non-hydrogen) atoms. The van der Waals surface area contributed by atoms with Crippen LogP contribution in [0.3, 0.4) is 0 Å². The topological polar surface area (TPSA) is 66.4 Å². The Kier molecular flexibility index (Phi) is 4.43. The average Bonchev–Trinajstić information content (AvgIpc) is 2.94. The van der Waals surface area contributed by atoms with Crippen molar-refractivity contribution in [3.05, 3.63) is 52.2 Å². The van der Waals surface area contributed by atoms with Crippen molar-refractivity contribution in [3.8, 4) is 0 Å². The molecule has 4 nitrogen and oxygen atoms in total. The second kappa shape index (κ2) is 5.80. The van der Waals surface area contributed by atoms with E-state index >= 15 is 0 Å². The van der Waals surface area contributed by atoms with Gasteiger partial charge in [-0.05, 0) is 47.5 Å². The van der Waals surface area contributed by atoms with Gasteiger partial charge in [0.05, 0.1) is 0 Å². The molecule has 1 aromatic carbocycles. The van der Waals surface area contributed by atoms with E-state index in [-0.39, 0.29) is 6.54 Å². The summed E-state index contributed by atoms with van der Waals surface area (Å²) in [4.78, 5) is -0.788. The molecule has 0 spiro atoms. The predicted molar refractivity (Wildman–Crippen MR) is 75.4 cm³/mol. The molecular weight excluding hydrogens is 320 g/mol. The molecule has 0 fully saturated rings. The lowest BCUT2D eigenvalue weighted by Gasteiger charge is -2.22. The first-order chi connectivity index (χ1) is 9.72. The van der Waals surface area contributed by atoms with E-state index in [1.54, 1.807) is 16.8 Å². The fourth-order valence-corrected chi connectivity index (χ4v) is 3.67. The third kappa shape index (κ3) is 3.65. The molecule has 0 aliphatic heterocycles. The number of nitrogens with one attached hydrogen (secondary N) is 1. The van der Waals surface area contributed by atoms with Crippen molar-refractivity contribution in [2.75, 3.05) is 6.54 Å². The van der Waals surface area contributed by atoms with E-state index in [1.165, 1.54) is 18.3 Å². The van der Waals surface area contributed by atoms with Gasteiger partial charge >= 0.3 is 0 Å². The second-order valence-corrected chi connectivity index (χ2v) is 7.20. The zero-order chi connectivity index (χ0) is 15.7. The van der Waals surface area contributed by atoms with E-state index in [2.05, 4.69) is 4.72 Å². The number of rotatable bonds is 5. The highest BCUT2D eigenvalue weighted by Crippen LogP contribution is 2.23. The first-order valence-electron chi connectivity index (χ1n) is 5.92. The summed E-state index contributed by atoms with van der Waals surface area (Å²) in [6.45, 7) is 1.07. The largest absolute Gasteiger partial charge is 0.384 e. The van der Waals surface area contributed by atoms with Crippen LogP contribution in [0.2, 0.25) is 0 Å². The molecule has 1 heterocycles. The van der Waals surface area contributed by atoms with Crippen LogP contribution in [0.5, 0.6) is 0 Å². The molecule has 1 atom stereocenters. The summed E-state index contributed by atoms with van der Waals surface area (Å²) in [7, 11) is -4.26. The molecule has 2 N–H and O–H groups in total. The summed E-state index contributed by atoms with van der Waals surface area (Å²) >= 11 is 1.35. The molecular formula is C13H13F2NO3S2. The molecule has 0 bridgehead atoms. The molecule has 0 aliphatic rings. The molecule has 114 valence electrons. The maximum Gasteiger partial charge on any atom is 0.243 e. The first kappa shape index (κ1) is 16.0. The zero-order valence-electron chi connectivity index (χ0n) is 11.0. The summed E-state index contributed by atoms with van der Waals surface area (Å²) < 4.78 is 52.7. The van der Waals surface area contributed by atoms with E-state index < -0.39 is 32.2 Å². The van der Waals surface area contributed by atoms with Crippen molar-refractivity contribution in [1.29, 1.82) is 0 Å². The number of halogens is 2. The van der Waals surface area contributed by atoms with Gasteiger partial charge in [-0.3, -0.25) is 0 Å². The lowest BCUT2D eigenvalue weighted by Crippen LogP contribution is -2.38. The molecule has 2 aromatic rings. The number of hydrogen-bond donors (Lipinski definition) is 2. The SMILES string of the molecule is CC(O)(CNS(=O)(=O)c1cc(F)ccc1F)c1ccsc1. The first-order valence-corrected chi connectivity index (χ1v) is 8.35. The average molecular weight is 333 g/mol.